The Hall–Kier alpha value is -3.05. The number of aromatic nitrogens is 4. The number of carbonyl (C=O) groups is 1. The normalized spacial score (nSPS) is 15.3. The van der Waals surface area contributed by atoms with Crippen LogP contribution in [-0.2, 0) is 27.5 Å². The second-order valence-corrected chi connectivity index (χ2v) is 13.0. The predicted molar refractivity (Wildman–Crippen MR) is 142 cm³/mol. The monoisotopic (exact) mass is 528 g/mol. The number of likely N-dealkylation sites (tertiary alicyclic amines) is 1. The summed E-state index contributed by atoms with van der Waals surface area (Å²) in [5.41, 5.74) is 2.94. The van der Waals surface area contributed by atoms with Gasteiger partial charge in [0.05, 0.1) is 28.7 Å². The van der Waals surface area contributed by atoms with Crippen LogP contribution in [0.25, 0.3) is 16.7 Å². The third-order valence-electron chi connectivity index (χ3n) is 6.38. The Balaban J connectivity index is 1.32. The van der Waals surface area contributed by atoms with Crippen LogP contribution in [0.1, 0.15) is 44.9 Å². The minimum absolute atomic E-state index is 0.128. The van der Waals surface area contributed by atoms with Crippen LogP contribution in [0.4, 0.5) is 4.79 Å². The number of nitrogens with one attached hydrogen (secondary N) is 1. The number of rotatable bonds is 8. The lowest BCUT2D eigenvalue weighted by Crippen LogP contribution is -2.43. The van der Waals surface area contributed by atoms with Crippen LogP contribution in [0.5, 0.6) is 0 Å². The third kappa shape index (κ3) is 7.48. The van der Waals surface area contributed by atoms with Gasteiger partial charge in [0.2, 0.25) is 0 Å². The molecule has 0 unspecified atom stereocenters. The predicted octanol–water partition coefficient (Wildman–Crippen LogP) is 3.14. The van der Waals surface area contributed by atoms with Crippen molar-refractivity contribution in [3.63, 3.8) is 0 Å². The van der Waals surface area contributed by atoms with Gasteiger partial charge in [0, 0.05) is 25.9 Å². The zero-order chi connectivity index (χ0) is 26.6. The highest BCUT2D eigenvalue weighted by molar-refractivity contribution is 7.90. The molecule has 11 heteroatoms. The Morgan fingerprint density at radius 3 is 2.49 bits per heavy atom. The zero-order valence-corrected chi connectivity index (χ0v) is 22.8. The molecule has 1 aliphatic rings. The van der Waals surface area contributed by atoms with Crippen LogP contribution in [0.15, 0.2) is 36.8 Å². The van der Waals surface area contributed by atoms with Crippen molar-refractivity contribution in [1.29, 1.82) is 0 Å². The van der Waals surface area contributed by atoms with E-state index in [1.54, 1.807) is 22.1 Å². The number of ether oxygens (including phenoxy) is 1. The maximum absolute atomic E-state index is 12.3. The standard InChI is InChI=1S/C26H36N6O4S/c1-26(2,3)36-25(33)31-12-9-20(10-13-31)15-27-17-23-22-16-30-32(24(22)29-18-28-23)21-7-5-19(6-8-21)11-14-37(4,34)35/h5-8,16,18,20,27H,9-15,17H2,1-4H3. The molecule has 1 saturated heterocycles. The van der Waals surface area contributed by atoms with Gasteiger partial charge in [0.15, 0.2) is 5.65 Å². The van der Waals surface area contributed by atoms with Gasteiger partial charge < -0.3 is 15.0 Å². The highest BCUT2D eigenvalue weighted by atomic mass is 32.2. The first-order valence-corrected chi connectivity index (χ1v) is 14.7. The van der Waals surface area contributed by atoms with Gasteiger partial charge in [0.25, 0.3) is 0 Å². The van der Waals surface area contributed by atoms with Crippen LogP contribution in [0.2, 0.25) is 0 Å². The largest absolute Gasteiger partial charge is 0.444 e. The Labute approximate surface area is 218 Å². The summed E-state index contributed by atoms with van der Waals surface area (Å²) >= 11 is 0. The summed E-state index contributed by atoms with van der Waals surface area (Å²) in [5.74, 6) is 0.615. The quantitative estimate of drug-likeness (QED) is 0.474. The molecule has 1 N–H and O–H groups in total. The van der Waals surface area contributed by atoms with Crippen molar-refractivity contribution in [2.75, 3.05) is 31.6 Å². The summed E-state index contributed by atoms with van der Waals surface area (Å²) in [6, 6.07) is 7.69. The van der Waals surface area contributed by atoms with Crippen molar-refractivity contribution in [2.24, 2.45) is 5.92 Å². The number of fused-ring (bicyclic) bond motifs is 1. The van der Waals surface area contributed by atoms with Gasteiger partial charge in [-0.05, 0) is 70.2 Å². The molecular weight excluding hydrogens is 492 g/mol. The first-order chi connectivity index (χ1) is 17.5. The number of sulfone groups is 1. The SMILES string of the molecule is CC(C)(C)OC(=O)N1CCC(CNCc2ncnc3c2cnn3-c2ccc(CCS(C)(=O)=O)cc2)CC1. The van der Waals surface area contributed by atoms with Crippen molar-refractivity contribution in [3.05, 3.63) is 48.0 Å². The van der Waals surface area contributed by atoms with Crippen LogP contribution < -0.4 is 5.32 Å². The number of nitrogens with zero attached hydrogens (tertiary/aromatic N) is 5. The smallest absolute Gasteiger partial charge is 0.410 e. The fourth-order valence-corrected chi connectivity index (χ4v) is 4.98. The van der Waals surface area contributed by atoms with E-state index in [1.807, 2.05) is 45.0 Å². The minimum atomic E-state index is -3.00. The molecule has 2 aromatic heterocycles. The van der Waals surface area contributed by atoms with E-state index in [4.69, 9.17) is 4.74 Å². The lowest BCUT2D eigenvalue weighted by atomic mass is 9.97. The Morgan fingerprint density at radius 1 is 1.14 bits per heavy atom. The van der Waals surface area contributed by atoms with E-state index < -0.39 is 15.4 Å². The average Bonchev–Trinajstić information content (AvgIpc) is 3.27. The van der Waals surface area contributed by atoms with Crippen molar-refractivity contribution in [1.82, 2.24) is 30.0 Å². The van der Waals surface area contributed by atoms with Gasteiger partial charge in [-0.2, -0.15) is 5.10 Å². The highest BCUT2D eigenvalue weighted by Gasteiger charge is 2.26. The highest BCUT2D eigenvalue weighted by Crippen LogP contribution is 2.21. The summed E-state index contributed by atoms with van der Waals surface area (Å²) in [5, 5.41) is 8.93. The number of aryl methyl sites for hydroxylation is 1. The topological polar surface area (TPSA) is 119 Å². The molecule has 0 radical (unpaired) electrons. The minimum Gasteiger partial charge on any atom is -0.444 e. The average molecular weight is 529 g/mol. The molecule has 0 atom stereocenters. The molecular formula is C26H36N6O4S. The molecule has 1 aromatic carbocycles. The van der Waals surface area contributed by atoms with Gasteiger partial charge in [-0.15, -0.1) is 0 Å². The summed E-state index contributed by atoms with van der Waals surface area (Å²) in [6.07, 6.45) is 6.70. The Kier molecular flexibility index (Phi) is 8.13. The van der Waals surface area contributed by atoms with Crippen LogP contribution in [0, 0.1) is 5.92 Å². The van der Waals surface area contributed by atoms with Gasteiger partial charge in [0.1, 0.15) is 21.8 Å². The molecule has 1 aliphatic heterocycles. The van der Waals surface area contributed by atoms with E-state index >= 15 is 0 Å². The molecule has 3 aromatic rings. The van der Waals surface area contributed by atoms with E-state index in [0.717, 1.165) is 47.4 Å². The van der Waals surface area contributed by atoms with E-state index in [-0.39, 0.29) is 11.8 Å². The molecule has 1 amide bonds. The molecule has 0 saturated carbocycles. The summed E-state index contributed by atoms with van der Waals surface area (Å²) < 4.78 is 30.1. The molecule has 1 fully saturated rings. The van der Waals surface area contributed by atoms with Crippen molar-refractivity contribution in [2.45, 2.75) is 52.2 Å². The van der Waals surface area contributed by atoms with E-state index in [2.05, 4.69) is 20.4 Å². The van der Waals surface area contributed by atoms with Crippen molar-refractivity contribution in [3.8, 4) is 5.69 Å². The van der Waals surface area contributed by atoms with E-state index in [9.17, 15) is 13.2 Å². The number of benzene rings is 1. The van der Waals surface area contributed by atoms with Crippen molar-refractivity contribution >= 4 is 27.0 Å². The van der Waals surface area contributed by atoms with Crippen LogP contribution in [-0.4, -0.2) is 76.4 Å². The first-order valence-electron chi connectivity index (χ1n) is 12.6. The van der Waals surface area contributed by atoms with E-state index in [1.165, 1.54) is 6.26 Å². The number of hydrogen-bond acceptors (Lipinski definition) is 8. The maximum atomic E-state index is 12.3. The van der Waals surface area contributed by atoms with Gasteiger partial charge in [-0.25, -0.2) is 27.9 Å². The molecule has 0 spiro atoms. The zero-order valence-electron chi connectivity index (χ0n) is 22.0. The third-order valence-corrected chi connectivity index (χ3v) is 7.33. The summed E-state index contributed by atoms with van der Waals surface area (Å²) in [4.78, 5) is 23.0. The van der Waals surface area contributed by atoms with Crippen LogP contribution >= 0.6 is 0 Å². The molecule has 3 heterocycles. The van der Waals surface area contributed by atoms with Crippen molar-refractivity contribution < 1.29 is 17.9 Å². The lowest BCUT2D eigenvalue weighted by Gasteiger charge is -2.33. The summed E-state index contributed by atoms with van der Waals surface area (Å²) in [6.45, 7) is 8.51. The fourth-order valence-electron chi connectivity index (χ4n) is 4.37. The lowest BCUT2D eigenvalue weighted by molar-refractivity contribution is 0.0184. The second kappa shape index (κ2) is 11.1. The first kappa shape index (κ1) is 27.0. The van der Waals surface area contributed by atoms with E-state index in [0.29, 0.717) is 32.0 Å². The maximum Gasteiger partial charge on any atom is 0.410 e. The van der Waals surface area contributed by atoms with Gasteiger partial charge in [-0.3, -0.25) is 0 Å². The fraction of sp³-hybridized carbons (Fsp3) is 0.538. The number of amides is 1. The molecule has 0 bridgehead atoms. The van der Waals surface area contributed by atoms with Gasteiger partial charge in [-0.1, -0.05) is 12.1 Å². The number of carbonyl (C=O) groups excluding carboxylic acids is 1. The van der Waals surface area contributed by atoms with Crippen LogP contribution in [0.3, 0.4) is 0 Å². The number of hydrogen-bond donors (Lipinski definition) is 1. The Morgan fingerprint density at radius 2 is 1.84 bits per heavy atom. The molecule has 0 aliphatic carbocycles. The second-order valence-electron chi connectivity index (χ2n) is 10.7. The molecule has 4 rings (SSSR count). The number of piperidine rings is 1. The molecule has 200 valence electrons. The molecule has 10 nitrogen and oxygen atoms in total. The molecule has 37 heavy (non-hydrogen) atoms. The summed E-state index contributed by atoms with van der Waals surface area (Å²) in [7, 11) is -3.00. The van der Waals surface area contributed by atoms with Gasteiger partial charge >= 0.3 is 6.09 Å². The Bertz CT molecular complexity index is 1320.